The lowest BCUT2D eigenvalue weighted by Gasteiger charge is -2.22. The number of hydrogen-bond donors (Lipinski definition) is 2. The van der Waals surface area contributed by atoms with E-state index in [2.05, 4.69) is 10.0 Å². The molecule has 0 fully saturated rings. The van der Waals surface area contributed by atoms with Crippen molar-refractivity contribution in [3.63, 3.8) is 0 Å². The maximum Gasteiger partial charge on any atom is 0.261 e. The second-order valence-corrected chi connectivity index (χ2v) is 9.85. The van der Waals surface area contributed by atoms with Crippen molar-refractivity contribution in [3.05, 3.63) is 131 Å². The van der Waals surface area contributed by atoms with Gasteiger partial charge >= 0.3 is 0 Å². The van der Waals surface area contributed by atoms with Crippen molar-refractivity contribution < 1.29 is 13.2 Å². The highest BCUT2D eigenvalue weighted by atomic mass is 32.2. The number of carbonyl (C=O) groups is 1. The summed E-state index contributed by atoms with van der Waals surface area (Å²) in [5.41, 5.74) is 4.88. The van der Waals surface area contributed by atoms with E-state index < -0.39 is 10.0 Å². The molecule has 0 aromatic heterocycles. The number of carbonyl (C=O) groups excluding carboxylic acids is 1. The third kappa shape index (κ3) is 5.35. The van der Waals surface area contributed by atoms with Crippen LogP contribution in [0, 0.1) is 13.8 Å². The molecule has 5 nitrogen and oxygen atoms in total. The Balaban J connectivity index is 1.53. The van der Waals surface area contributed by atoms with Crippen LogP contribution in [-0.2, 0) is 10.0 Å². The molecule has 0 aliphatic heterocycles. The predicted molar refractivity (Wildman–Crippen MR) is 135 cm³/mol. The zero-order valence-corrected chi connectivity index (χ0v) is 19.8. The Morgan fingerprint density at radius 3 is 2.00 bits per heavy atom. The maximum absolute atomic E-state index is 13.1. The number of hydrogen-bond acceptors (Lipinski definition) is 3. The number of rotatable bonds is 7. The van der Waals surface area contributed by atoms with Crippen LogP contribution in [-0.4, -0.2) is 14.3 Å². The molecule has 0 saturated heterocycles. The monoisotopic (exact) mass is 470 g/mol. The molecule has 0 radical (unpaired) electrons. The molecule has 0 saturated carbocycles. The summed E-state index contributed by atoms with van der Waals surface area (Å²) in [6, 6.07) is 30.5. The van der Waals surface area contributed by atoms with Gasteiger partial charge in [-0.05, 0) is 66.9 Å². The van der Waals surface area contributed by atoms with Crippen molar-refractivity contribution in [2.75, 3.05) is 4.72 Å². The molecule has 0 aliphatic rings. The van der Waals surface area contributed by atoms with Gasteiger partial charge in [-0.2, -0.15) is 0 Å². The van der Waals surface area contributed by atoms with Gasteiger partial charge in [-0.25, -0.2) is 8.42 Å². The van der Waals surface area contributed by atoms with Crippen LogP contribution in [0.4, 0.5) is 5.69 Å². The number of anilines is 1. The standard InChI is InChI=1S/C28H26N2O3S/c1-20-12-18-25(19-13-20)34(32,33)30-24-16-14-23(15-17-24)28(31)29-27(22-9-4-3-5-10-22)26-11-7-6-8-21(26)2/h3-19,27,30H,1-2H3,(H,29,31)/t27-/m0/s1. The molecular weight excluding hydrogens is 444 g/mol. The van der Waals surface area contributed by atoms with Gasteiger partial charge in [0, 0.05) is 11.3 Å². The Bertz CT molecular complexity index is 1380. The summed E-state index contributed by atoms with van der Waals surface area (Å²) in [6.45, 7) is 3.92. The molecule has 0 unspecified atom stereocenters. The quantitative estimate of drug-likeness (QED) is 0.368. The third-order valence-corrected chi connectivity index (χ3v) is 7.04. The summed E-state index contributed by atoms with van der Waals surface area (Å²) >= 11 is 0. The van der Waals surface area contributed by atoms with Crippen molar-refractivity contribution >= 4 is 21.6 Å². The molecule has 0 bridgehead atoms. The summed E-state index contributed by atoms with van der Waals surface area (Å²) in [4.78, 5) is 13.3. The van der Waals surface area contributed by atoms with E-state index in [9.17, 15) is 13.2 Å². The largest absolute Gasteiger partial charge is 0.341 e. The topological polar surface area (TPSA) is 75.3 Å². The molecular formula is C28H26N2O3S. The second kappa shape index (κ2) is 9.93. The number of sulfonamides is 1. The zero-order chi connectivity index (χ0) is 24.1. The van der Waals surface area contributed by atoms with E-state index in [1.807, 2.05) is 68.4 Å². The molecule has 2 N–H and O–H groups in total. The Hall–Kier alpha value is -3.90. The Labute approximate surface area is 200 Å². The van der Waals surface area contributed by atoms with Crippen molar-refractivity contribution in [1.82, 2.24) is 5.32 Å². The molecule has 1 amide bonds. The fourth-order valence-electron chi connectivity index (χ4n) is 3.73. The zero-order valence-electron chi connectivity index (χ0n) is 19.0. The molecule has 6 heteroatoms. The molecule has 0 spiro atoms. The first kappa shape index (κ1) is 23.3. The van der Waals surface area contributed by atoms with E-state index in [0.717, 1.165) is 22.3 Å². The van der Waals surface area contributed by atoms with Crippen molar-refractivity contribution in [2.45, 2.75) is 24.8 Å². The normalized spacial score (nSPS) is 12.1. The van der Waals surface area contributed by atoms with Gasteiger partial charge in [-0.3, -0.25) is 9.52 Å². The number of benzene rings is 4. The van der Waals surface area contributed by atoms with E-state index in [4.69, 9.17) is 0 Å². The van der Waals surface area contributed by atoms with Gasteiger partial charge < -0.3 is 5.32 Å². The summed E-state index contributed by atoms with van der Waals surface area (Å²) in [5.74, 6) is -0.245. The first-order chi connectivity index (χ1) is 16.3. The highest BCUT2D eigenvalue weighted by Gasteiger charge is 2.20. The van der Waals surface area contributed by atoms with E-state index in [1.54, 1.807) is 48.5 Å². The minimum Gasteiger partial charge on any atom is -0.341 e. The van der Waals surface area contributed by atoms with Crippen LogP contribution in [0.1, 0.15) is 38.7 Å². The maximum atomic E-state index is 13.1. The lowest BCUT2D eigenvalue weighted by atomic mass is 9.94. The Kier molecular flexibility index (Phi) is 6.80. The average molecular weight is 471 g/mol. The molecule has 4 aromatic carbocycles. The molecule has 4 rings (SSSR count). The fraction of sp³-hybridized carbons (Fsp3) is 0.107. The molecule has 172 valence electrons. The van der Waals surface area contributed by atoms with Crippen LogP contribution in [0.25, 0.3) is 0 Å². The van der Waals surface area contributed by atoms with E-state index in [-0.39, 0.29) is 16.8 Å². The van der Waals surface area contributed by atoms with Crippen LogP contribution in [0.3, 0.4) is 0 Å². The fourth-order valence-corrected chi connectivity index (χ4v) is 4.79. The first-order valence-corrected chi connectivity index (χ1v) is 12.4. The van der Waals surface area contributed by atoms with Gasteiger partial charge in [0.05, 0.1) is 10.9 Å². The van der Waals surface area contributed by atoms with E-state index in [1.165, 1.54) is 0 Å². The second-order valence-electron chi connectivity index (χ2n) is 8.17. The number of amides is 1. The SMILES string of the molecule is Cc1ccc(S(=O)(=O)Nc2ccc(C(=O)N[C@@H](c3ccccc3)c3ccccc3C)cc2)cc1. The minimum atomic E-state index is -3.71. The van der Waals surface area contributed by atoms with Crippen LogP contribution >= 0.6 is 0 Å². The van der Waals surface area contributed by atoms with E-state index >= 15 is 0 Å². The van der Waals surface area contributed by atoms with Crippen LogP contribution < -0.4 is 10.0 Å². The molecule has 0 aliphatic carbocycles. The lowest BCUT2D eigenvalue weighted by molar-refractivity contribution is 0.0943. The Morgan fingerprint density at radius 1 is 0.735 bits per heavy atom. The number of aryl methyl sites for hydroxylation is 2. The summed E-state index contributed by atoms with van der Waals surface area (Å²) in [7, 11) is -3.71. The summed E-state index contributed by atoms with van der Waals surface area (Å²) in [5, 5.41) is 3.13. The van der Waals surface area contributed by atoms with Crippen molar-refractivity contribution in [3.8, 4) is 0 Å². The van der Waals surface area contributed by atoms with Crippen molar-refractivity contribution in [1.29, 1.82) is 0 Å². The summed E-state index contributed by atoms with van der Waals surface area (Å²) < 4.78 is 27.8. The van der Waals surface area contributed by atoms with Gasteiger partial charge in [0.2, 0.25) is 0 Å². The van der Waals surface area contributed by atoms with Gasteiger partial charge in [-0.1, -0.05) is 72.3 Å². The smallest absolute Gasteiger partial charge is 0.261 e. The lowest BCUT2D eigenvalue weighted by Crippen LogP contribution is -2.29. The molecule has 34 heavy (non-hydrogen) atoms. The van der Waals surface area contributed by atoms with Crippen molar-refractivity contribution in [2.24, 2.45) is 0 Å². The highest BCUT2D eigenvalue weighted by Crippen LogP contribution is 2.25. The summed E-state index contributed by atoms with van der Waals surface area (Å²) in [6.07, 6.45) is 0. The average Bonchev–Trinajstić information content (AvgIpc) is 2.84. The molecule has 1 atom stereocenters. The van der Waals surface area contributed by atoms with Crippen LogP contribution in [0.5, 0.6) is 0 Å². The number of nitrogens with one attached hydrogen (secondary N) is 2. The van der Waals surface area contributed by atoms with Gasteiger partial charge in [0.1, 0.15) is 0 Å². The van der Waals surface area contributed by atoms with Crippen LogP contribution in [0.2, 0.25) is 0 Å². The van der Waals surface area contributed by atoms with E-state index in [0.29, 0.717) is 11.3 Å². The van der Waals surface area contributed by atoms with Gasteiger partial charge in [0.15, 0.2) is 0 Å². The van der Waals surface area contributed by atoms with Crippen LogP contribution in [0.15, 0.2) is 108 Å². The predicted octanol–water partition coefficient (Wildman–Crippen LogP) is 5.62. The molecule has 0 heterocycles. The third-order valence-electron chi connectivity index (χ3n) is 5.64. The van der Waals surface area contributed by atoms with Gasteiger partial charge in [-0.15, -0.1) is 0 Å². The first-order valence-electron chi connectivity index (χ1n) is 10.9. The van der Waals surface area contributed by atoms with Gasteiger partial charge in [0.25, 0.3) is 15.9 Å². The Morgan fingerprint density at radius 2 is 1.35 bits per heavy atom. The molecule has 4 aromatic rings. The highest BCUT2D eigenvalue weighted by molar-refractivity contribution is 7.92. The minimum absolute atomic E-state index is 0.184.